The fourth-order valence-electron chi connectivity index (χ4n) is 2.05. The molecule has 10 heteroatoms. The average Bonchev–Trinajstić information content (AvgIpc) is 3.24. The second-order valence-corrected chi connectivity index (χ2v) is 6.11. The summed E-state index contributed by atoms with van der Waals surface area (Å²) in [6.45, 7) is 2.03. The number of benzene rings is 1. The summed E-state index contributed by atoms with van der Waals surface area (Å²) in [5.74, 6) is 0.995. The molecular formula is C15H16ClN5O3S. The minimum Gasteiger partial charge on any atom is -0.332 e. The number of halogens is 1. The Balaban J connectivity index is 0.00000225. The molecule has 1 N–H and O–H groups in total. The Kier molecular flexibility index (Phi) is 6.18. The van der Waals surface area contributed by atoms with Crippen molar-refractivity contribution in [3.63, 3.8) is 0 Å². The number of nitro groups is 1. The first-order valence-electron chi connectivity index (χ1n) is 7.27. The van der Waals surface area contributed by atoms with E-state index in [4.69, 9.17) is 4.52 Å². The van der Waals surface area contributed by atoms with Crippen molar-refractivity contribution in [1.82, 2.24) is 20.4 Å². The highest BCUT2D eigenvalue weighted by molar-refractivity contribution is 7.13. The van der Waals surface area contributed by atoms with Crippen molar-refractivity contribution in [3.05, 3.63) is 45.6 Å². The van der Waals surface area contributed by atoms with E-state index in [1.165, 1.54) is 23.5 Å². The van der Waals surface area contributed by atoms with Crippen LogP contribution in [0.25, 0.3) is 22.2 Å². The van der Waals surface area contributed by atoms with Gasteiger partial charge < -0.3 is 9.84 Å². The van der Waals surface area contributed by atoms with Crippen molar-refractivity contribution in [3.8, 4) is 22.2 Å². The van der Waals surface area contributed by atoms with Crippen LogP contribution in [0.15, 0.2) is 34.2 Å². The average molecular weight is 382 g/mol. The molecule has 0 radical (unpaired) electrons. The molecule has 0 saturated carbocycles. The molecular weight excluding hydrogens is 366 g/mol. The standard InChI is InChI=1S/C15H15N5O3S.ClH/c1-9(16-2)7-13-18-14(23-19-13)12-8-24-15(17-12)10-3-5-11(6-4-10)20(21)22;/h3-6,8-9,16H,7H2,1-2H3;1H. The molecule has 3 rings (SSSR count). The van der Waals surface area contributed by atoms with E-state index >= 15 is 0 Å². The van der Waals surface area contributed by atoms with Crippen molar-refractivity contribution in [2.24, 2.45) is 0 Å². The van der Waals surface area contributed by atoms with Crippen molar-refractivity contribution in [2.45, 2.75) is 19.4 Å². The van der Waals surface area contributed by atoms with Crippen LogP contribution in [-0.2, 0) is 6.42 Å². The molecule has 3 aromatic rings. The quantitative estimate of drug-likeness (QED) is 0.515. The van der Waals surface area contributed by atoms with E-state index in [1.54, 1.807) is 12.1 Å². The van der Waals surface area contributed by atoms with Gasteiger partial charge in [-0.1, -0.05) is 5.16 Å². The number of nitro benzene ring substituents is 1. The number of thiazole rings is 1. The maximum atomic E-state index is 10.7. The summed E-state index contributed by atoms with van der Waals surface area (Å²) in [6, 6.07) is 6.52. The van der Waals surface area contributed by atoms with Crippen LogP contribution < -0.4 is 5.32 Å². The van der Waals surface area contributed by atoms with Gasteiger partial charge in [0, 0.05) is 35.5 Å². The molecule has 1 atom stereocenters. The van der Waals surface area contributed by atoms with Gasteiger partial charge in [-0.3, -0.25) is 10.1 Å². The van der Waals surface area contributed by atoms with Crippen molar-refractivity contribution in [2.75, 3.05) is 7.05 Å². The highest BCUT2D eigenvalue weighted by atomic mass is 35.5. The number of non-ortho nitro benzene ring substituents is 1. The fraction of sp³-hybridized carbons (Fsp3) is 0.267. The Bertz CT molecular complexity index is 849. The van der Waals surface area contributed by atoms with Gasteiger partial charge in [0.2, 0.25) is 0 Å². The largest absolute Gasteiger partial charge is 0.332 e. The lowest BCUT2D eigenvalue weighted by molar-refractivity contribution is -0.384. The first kappa shape index (κ1) is 19.0. The first-order chi connectivity index (χ1) is 11.6. The smallest absolute Gasteiger partial charge is 0.277 e. The third-order valence-electron chi connectivity index (χ3n) is 3.50. The summed E-state index contributed by atoms with van der Waals surface area (Å²) in [5, 5.41) is 20.3. The molecule has 0 bridgehead atoms. The number of aromatic nitrogens is 3. The summed E-state index contributed by atoms with van der Waals surface area (Å²) < 4.78 is 5.26. The summed E-state index contributed by atoms with van der Waals surface area (Å²) in [7, 11) is 1.88. The summed E-state index contributed by atoms with van der Waals surface area (Å²) >= 11 is 1.42. The maximum Gasteiger partial charge on any atom is 0.277 e. The second kappa shape index (κ2) is 8.15. The third-order valence-corrected chi connectivity index (χ3v) is 4.39. The van der Waals surface area contributed by atoms with E-state index in [9.17, 15) is 10.1 Å². The van der Waals surface area contributed by atoms with Gasteiger partial charge in [-0.2, -0.15) is 4.98 Å². The number of nitrogens with zero attached hydrogens (tertiary/aromatic N) is 4. The highest BCUT2D eigenvalue weighted by Gasteiger charge is 2.15. The molecule has 0 fully saturated rings. The Labute approximate surface area is 153 Å². The fourth-order valence-corrected chi connectivity index (χ4v) is 2.85. The zero-order valence-corrected chi connectivity index (χ0v) is 15.1. The molecule has 0 saturated heterocycles. The summed E-state index contributed by atoms with van der Waals surface area (Å²) in [5.41, 5.74) is 1.46. The molecule has 0 amide bonds. The Morgan fingerprint density at radius 3 is 2.68 bits per heavy atom. The predicted octanol–water partition coefficient (Wildman–Crippen LogP) is 3.34. The summed E-state index contributed by atoms with van der Waals surface area (Å²) in [6.07, 6.45) is 0.666. The molecule has 0 aliphatic rings. The molecule has 25 heavy (non-hydrogen) atoms. The predicted molar refractivity (Wildman–Crippen MR) is 97.0 cm³/mol. The van der Waals surface area contributed by atoms with Gasteiger partial charge in [0.15, 0.2) is 5.82 Å². The first-order valence-corrected chi connectivity index (χ1v) is 8.15. The molecule has 2 aromatic heterocycles. The van der Waals surface area contributed by atoms with Crippen LogP contribution >= 0.6 is 23.7 Å². The van der Waals surface area contributed by atoms with Gasteiger partial charge in [-0.25, -0.2) is 4.98 Å². The number of hydrogen-bond donors (Lipinski definition) is 1. The highest BCUT2D eigenvalue weighted by Crippen LogP contribution is 2.29. The molecule has 8 nitrogen and oxygen atoms in total. The SMILES string of the molecule is CNC(C)Cc1noc(-c2csc(-c3ccc([N+](=O)[O-])cc3)n2)n1.Cl. The van der Waals surface area contributed by atoms with Crippen LogP contribution in [0, 0.1) is 10.1 Å². The van der Waals surface area contributed by atoms with Crippen LogP contribution in [0.2, 0.25) is 0 Å². The molecule has 0 spiro atoms. The third kappa shape index (κ3) is 4.38. The number of hydrogen-bond acceptors (Lipinski definition) is 8. The van der Waals surface area contributed by atoms with Gasteiger partial charge in [-0.15, -0.1) is 23.7 Å². The monoisotopic (exact) mass is 381 g/mol. The normalized spacial score (nSPS) is 11.8. The van der Waals surface area contributed by atoms with Gasteiger partial charge in [0.1, 0.15) is 10.7 Å². The van der Waals surface area contributed by atoms with Gasteiger partial charge >= 0.3 is 0 Å². The topological polar surface area (TPSA) is 107 Å². The van der Waals surface area contributed by atoms with Crippen LogP contribution in [0.5, 0.6) is 0 Å². The lowest BCUT2D eigenvalue weighted by Crippen LogP contribution is -2.24. The number of rotatable bonds is 6. The lowest BCUT2D eigenvalue weighted by Gasteiger charge is -2.04. The van der Waals surface area contributed by atoms with E-state index in [2.05, 4.69) is 20.4 Å². The molecule has 0 aliphatic carbocycles. The minimum atomic E-state index is -0.427. The number of likely N-dealkylation sites (N-methyl/N-ethyl adjacent to an activating group) is 1. The lowest BCUT2D eigenvalue weighted by atomic mass is 10.2. The van der Waals surface area contributed by atoms with E-state index in [0.717, 1.165) is 10.6 Å². The number of nitrogens with one attached hydrogen (secondary N) is 1. The van der Waals surface area contributed by atoms with E-state index < -0.39 is 4.92 Å². The van der Waals surface area contributed by atoms with Crippen molar-refractivity contribution >= 4 is 29.4 Å². The van der Waals surface area contributed by atoms with Gasteiger partial charge in [0.05, 0.1) is 4.92 Å². The Hall–Kier alpha value is -2.36. The Morgan fingerprint density at radius 1 is 1.32 bits per heavy atom. The molecule has 0 aliphatic heterocycles. The van der Waals surface area contributed by atoms with Crippen molar-refractivity contribution in [1.29, 1.82) is 0 Å². The zero-order valence-electron chi connectivity index (χ0n) is 13.5. The Morgan fingerprint density at radius 2 is 2.04 bits per heavy atom. The molecule has 132 valence electrons. The zero-order chi connectivity index (χ0) is 17.1. The van der Waals surface area contributed by atoms with E-state index in [-0.39, 0.29) is 24.1 Å². The molecule has 1 aromatic carbocycles. The second-order valence-electron chi connectivity index (χ2n) is 5.25. The molecule has 2 heterocycles. The molecule has 1 unspecified atom stereocenters. The summed E-state index contributed by atoms with van der Waals surface area (Å²) in [4.78, 5) is 19.1. The van der Waals surface area contributed by atoms with E-state index in [1.807, 2.05) is 19.4 Å². The van der Waals surface area contributed by atoms with Crippen LogP contribution in [0.4, 0.5) is 5.69 Å². The minimum absolute atomic E-state index is 0. The van der Waals surface area contributed by atoms with E-state index in [0.29, 0.717) is 23.8 Å². The van der Waals surface area contributed by atoms with Crippen LogP contribution in [-0.4, -0.2) is 33.1 Å². The maximum absolute atomic E-state index is 10.7. The van der Waals surface area contributed by atoms with Gasteiger partial charge in [-0.05, 0) is 26.1 Å². The van der Waals surface area contributed by atoms with Crippen molar-refractivity contribution < 1.29 is 9.45 Å². The van der Waals surface area contributed by atoms with Crippen LogP contribution in [0.1, 0.15) is 12.7 Å². The van der Waals surface area contributed by atoms with Gasteiger partial charge in [0.25, 0.3) is 11.6 Å². The van der Waals surface area contributed by atoms with Crippen LogP contribution in [0.3, 0.4) is 0 Å².